The molecule has 1 aliphatic heterocycles. The van der Waals surface area contributed by atoms with Crippen molar-refractivity contribution < 1.29 is 4.79 Å². The van der Waals surface area contributed by atoms with Gasteiger partial charge >= 0.3 is 0 Å². The van der Waals surface area contributed by atoms with E-state index in [2.05, 4.69) is 22.3 Å². The molecule has 4 heteroatoms. The van der Waals surface area contributed by atoms with Gasteiger partial charge in [0.2, 0.25) is 0 Å². The van der Waals surface area contributed by atoms with Gasteiger partial charge in [-0.1, -0.05) is 12.1 Å². The molecule has 2 aromatic rings. The fourth-order valence-corrected chi connectivity index (χ4v) is 2.73. The van der Waals surface area contributed by atoms with Gasteiger partial charge < -0.3 is 16.0 Å². The van der Waals surface area contributed by atoms with Crippen molar-refractivity contribution in [3.8, 4) is 0 Å². The molecule has 0 saturated carbocycles. The van der Waals surface area contributed by atoms with Gasteiger partial charge in [-0.05, 0) is 54.8 Å². The Morgan fingerprint density at radius 2 is 1.64 bits per heavy atom. The summed E-state index contributed by atoms with van der Waals surface area (Å²) >= 11 is 0. The Kier molecular flexibility index (Phi) is 4.39. The topological polar surface area (TPSA) is 58.4 Å². The van der Waals surface area contributed by atoms with Crippen LogP contribution in [0.1, 0.15) is 28.8 Å². The molecule has 114 valence electrons. The van der Waals surface area contributed by atoms with Crippen molar-refractivity contribution in [3.63, 3.8) is 0 Å². The molecule has 2 aromatic carbocycles. The van der Waals surface area contributed by atoms with Crippen LogP contribution in [-0.2, 0) is 6.54 Å². The Labute approximate surface area is 130 Å². The standard InChI is InChI=1S/C18H21N3O/c19-13-14-3-5-15(6-4-14)18(22)20-16-7-9-17(10-8-16)21-11-1-2-12-21/h3-10H,1-2,11-13,19H2,(H,20,22). The zero-order valence-electron chi connectivity index (χ0n) is 12.6. The molecule has 0 atom stereocenters. The molecular weight excluding hydrogens is 274 g/mol. The first-order valence-corrected chi connectivity index (χ1v) is 7.71. The predicted molar refractivity (Wildman–Crippen MR) is 90.2 cm³/mol. The molecule has 1 saturated heterocycles. The van der Waals surface area contributed by atoms with Gasteiger partial charge in [-0.3, -0.25) is 4.79 Å². The maximum atomic E-state index is 12.2. The number of carbonyl (C=O) groups is 1. The van der Waals surface area contributed by atoms with Crippen LogP contribution in [0, 0.1) is 0 Å². The van der Waals surface area contributed by atoms with Gasteiger partial charge in [0.15, 0.2) is 0 Å². The highest BCUT2D eigenvalue weighted by Crippen LogP contribution is 2.22. The number of amides is 1. The van der Waals surface area contributed by atoms with E-state index in [1.807, 2.05) is 24.3 Å². The van der Waals surface area contributed by atoms with Gasteiger partial charge in [0.05, 0.1) is 0 Å². The van der Waals surface area contributed by atoms with Crippen LogP contribution in [0.4, 0.5) is 11.4 Å². The number of benzene rings is 2. The van der Waals surface area contributed by atoms with Crippen molar-refractivity contribution >= 4 is 17.3 Å². The van der Waals surface area contributed by atoms with Gasteiger partial charge in [0.1, 0.15) is 0 Å². The summed E-state index contributed by atoms with van der Waals surface area (Å²) in [4.78, 5) is 14.6. The lowest BCUT2D eigenvalue weighted by molar-refractivity contribution is 0.102. The molecule has 1 amide bonds. The molecule has 1 heterocycles. The first-order chi connectivity index (χ1) is 10.8. The Bertz CT molecular complexity index is 628. The molecule has 4 nitrogen and oxygen atoms in total. The van der Waals surface area contributed by atoms with Crippen molar-refractivity contribution in [1.82, 2.24) is 0 Å². The molecular formula is C18H21N3O. The van der Waals surface area contributed by atoms with E-state index in [9.17, 15) is 4.79 Å². The van der Waals surface area contributed by atoms with E-state index in [0.717, 1.165) is 24.3 Å². The summed E-state index contributed by atoms with van der Waals surface area (Å²) in [5, 5.41) is 2.92. The zero-order chi connectivity index (χ0) is 15.4. The normalized spacial score (nSPS) is 14.1. The lowest BCUT2D eigenvalue weighted by Gasteiger charge is -2.17. The third-order valence-corrected chi connectivity index (χ3v) is 4.05. The van der Waals surface area contributed by atoms with E-state index in [1.165, 1.54) is 18.5 Å². The van der Waals surface area contributed by atoms with Crippen LogP contribution >= 0.6 is 0 Å². The van der Waals surface area contributed by atoms with E-state index in [4.69, 9.17) is 5.73 Å². The first kappa shape index (κ1) is 14.6. The molecule has 0 unspecified atom stereocenters. The van der Waals surface area contributed by atoms with Crippen molar-refractivity contribution in [1.29, 1.82) is 0 Å². The predicted octanol–water partition coefficient (Wildman–Crippen LogP) is 3.00. The van der Waals surface area contributed by atoms with Gasteiger partial charge in [-0.2, -0.15) is 0 Å². The van der Waals surface area contributed by atoms with E-state index in [-0.39, 0.29) is 5.91 Å². The number of hydrogen-bond acceptors (Lipinski definition) is 3. The maximum Gasteiger partial charge on any atom is 0.255 e. The summed E-state index contributed by atoms with van der Waals surface area (Å²) in [6.45, 7) is 2.73. The minimum atomic E-state index is -0.0995. The number of nitrogens with two attached hydrogens (primary N) is 1. The highest BCUT2D eigenvalue weighted by Gasteiger charge is 2.12. The second kappa shape index (κ2) is 6.62. The van der Waals surface area contributed by atoms with Crippen LogP contribution in [0.3, 0.4) is 0 Å². The quantitative estimate of drug-likeness (QED) is 0.911. The molecule has 0 radical (unpaired) electrons. The smallest absolute Gasteiger partial charge is 0.255 e. The van der Waals surface area contributed by atoms with Crippen molar-refractivity contribution in [2.75, 3.05) is 23.3 Å². The maximum absolute atomic E-state index is 12.2. The average Bonchev–Trinajstić information content (AvgIpc) is 3.10. The Balaban J connectivity index is 1.65. The van der Waals surface area contributed by atoms with Gasteiger partial charge in [0, 0.05) is 36.6 Å². The summed E-state index contributed by atoms with van der Waals surface area (Å²) in [7, 11) is 0. The fourth-order valence-electron chi connectivity index (χ4n) is 2.73. The van der Waals surface area contributed by atoms with Gasteiger partial charge in [-0.15, -0.1) is 0 Å². The highest BCUT2D eigenvalue weighted by atomic mass is 16.1. The Morgan fingerprint density at radius 1 is 1.00 bits per heavy atom. The van der Waals surface area contributed by atoms with Crippen LogP contribution in [0.25, 0.3) is 0 Å². The summed E-state index contributed by atoms with van der Waals surface area (Å²) in [6, 6.07) is 15.4. The SMILES string of the molecule is NCc1ccc(C(=O)Nc2ccc(N3CCCC3)cc2)cc1. The second-order valence-corrected chi connectivity index (χ2v) is 5.60. The van der Waals surface area contributed by atoms with E-state index < -0.39 is 0 Å². The zero-order valence-corrected chi connectivity index (χ0v) is 12.6. The first-order valence-electron chi connectivity index (χ1n) is 7.71. The minimum Gasteiger partial charge on any atom is -0.372 e. The summed E-state index contributed by atoms with van der Waals surface area (Å²) in [6.07, 6.45) is 2.52. The number of nitrogens with zero attached hydrogens (tertiary/aromatic N) is 1. The molecule has 3 rings (SSSR count). The van der Waals surface area contributed by atoms with Crippen molar-refractivity contribution in [2.45, 2.75) is 19.4 Å². The van der Waals surface area contributed by atoms with Crippen LogP contribution in [0.15, 0.2) is 48.5 Å². The summed E-state index contributed by atoms with van der Waals surface area (Å²) in [5.41, 5.74) is 9.26. The fraction of sp³-hybridized carbons (Fsp3) is 0.278. The van der Waals surface area contributed by atoms with Crippen LogP contribution in [0.2, 0.25) is 0 Å². The van der Waals surface area contributed by atoms with E-state index in [0.29, 0.717) is 12.1 Å². The molecule has 1 aliphatic rings. The molecule has 22 heavy (non-hydrogen) atoms. The molecule has 0 aliphatic carbocycles. The molecule has 0 aromatic heterocycles. The molecule has 0 spiro atoms. The van der Waals surface area contributed by atoms with Crippen molar-refractivity contribution in [2.24, 2.45) is 5.73 Å². The number of carbonyl (C=O) groups excluding carboxylic acids is 1. The van der Waals surface area contributed by atoms with Crippen LogP contribution in [-0.4, -0.2) is 19.0 Å². The number of rotatable bonds is 4. The lowest BCUT2D eigenvalue weighted by atomic mass is 10.1. The number of anilines is 2. The van der Waals surface area contributed by atoms with Crippen LogP contribution in [0.5, 0.6) is 0 Å². The van der Waals surface area contributed by atoms with E-state index in [1.54, 1.807) is 12.1 Å². The van der Waals surface area contributed by atoms with E-state index >= 15 is 0 Å². The van der Waals surface area contributed by atoms with Crippen molar-refractivity contribution in [3.05, 3.63) is 59.7 Å². The highest BCUT2D eigenvalue weighted by molar-refractivity contribution is 6.04. The average molecular weight is 295 g/mol. The van der Waals surface area contributed by atoms with Gasteiger partial charge in [0.25, 0.3) is 5.91 Å². The Hall–Kier alpha value is -2.33. The second-order valence-electron chi connectivity index (χ2n) is 5.60. The Morgan fingerprint density at radius 3 is 2.23 bits per heavy atom. The number of hydrogen-bond donors (Lipinski definition) is 2. The number of nitrogens with one attached hydrogen (secondary N) is 1. The third-order valence-electron chi connectivity index (χ3n) is 4.05. The molecule has 0 bridgehead atoms. The largest absolute Gasteiger partial charge is 0.372 e. The summed E-state index contributed by atoms with van der Waals surface area (Å²) in [5.74, 6) is -0.0995. The van der Waals surface area contributed by atoms with Crippen LogP contribution < -0.4 is 16.0 Å². The third kappa shape index (κ3) is 3.28. The monoisotopic (exact) mass is 295 g/mol. The molecule has 1 fully saturated rings. The minimum absolute atomic E-state index is 0.0995. The lowest BCUT2D eigenvalue weighted by Crippen LogP contribution is -2.17. The molecule has 3 N–H and O–H groups in total. The summed E-state index contributed by atoms with van der Waals surface area (Å²) < 4.78 is 0. The van der Waals surface area contributed by atoms with Gasteiger partial charge in [-0.25, -0.2) is 0 Å².